The van der Waals surface area contributed by atoms with Crippen molar-refractivity contribution >= 4 is 11.8 Å². The van der Waals surface area contributed by atoms with Crippen LogP contribution >= 0.6 is 0 Å². The summed E-state index contributed by atoms with van der Waals surface area (Å²) in [6, 6.07) is 15.2. The molecule has 5 rings (SSSR count). The lowest BCUT2D eigenvalue weighted by Gasteiger charge is -2.37. The lowest BCUT2D eigenvalue weighted by atomic mass is 9.71. The molecule has 3 aliphatic rings. The Balaban J connectivity index is 1.57. The molecule has 6 nitrogen and oxygen atoms in total. The quantitative estimate of drug-likeness (QED) is 0.513. The third-order valence-corrected chi connectivity index (χ3v) is 7.51. The Morgan fingerprint density at radius 3 is 2.53 bits per heavy atom. The zero-order valence-corrected chi connectivity index (χ0v) is 20.9. The summed E-state index contributed by atoms with van der Waals surface area (Å²) in [4.78, 5) is 27.3. The number of hydrogen-bond donors (Lipinski definition) is 2. The molecule has 0 bridgehead atoms. The zero-order chi connectivity index (χ0) is 25.2. The van der Waals surface area contributed by atoms with Crippen molar-refractivity contribution in [3.05, 3.63) is 82.2 Å². The van der Waals surface area contributed by atoms with E-state index in [0.717, 1.165) is 42.5 Å². The average molecular weight is 488 g/mol. The number of allylic oxidation sites excluding steroid dienone is 3. The van der Waals surface area contributed by atoms with E-state index < -0.39 is 5.92 Å². The average Bonchev–Trinajstić information content (AvgIpc) is 3.38. The van der Waals surface area contributed by atoms with E-state index in [4.69, 9.17) is 9.47 Å². The first-order valence-corrected chi connectivity index (χ1v) is 12.9. The minimum atomic E-state index is -0.584. The Bertz CT molecular complexity index is 1220. The second-order valence-electron chi connectivity index (χ2n) is 9.90. The number of rotatable bonds is 6. The van der Waals surface area contributed by atoms with E-state index in [1.54, 1.807) is 18.2 Å². The van der Waals surface area contributed by atoms with Gasteiger partial charge in [0.15, 0.2) is 17.3 Å². The smallest absolute Gasteiger partial charge is 0.337 e. The maximum Gasteiger partial charge on any atom is 0.337 e. The standard InChI is InChI=1S/C30H33NO5/c1-3-35-26-17-20(13-14-24(26)32)28-27(30(34)36-22-11-7-8-12-22)18(2)31-23-15-21(16-25(33)29(23)28)19-9-5-4-6-10-19/h4-6,9-10,13-14,17,21-22,28,31-32H,3,7-8,11-12,15-16H2,1-2H3/t21-,28+/m0/s1. The van der Waals surface area contributed by atoms with Crippen LogP contribution in [0.5, 0.6) is 11.5 Å². The molecule has 2 aliphatic carbocycles. The maximum atomic E-state index is 13.7. The second kappa shape index (κ2) is 10.2. The number of Topliss-reactive ketones (excluding diaryl/α,β-unsaturated/α-hetero) is 1. The van der Waals surface area contributed by atoms with Gasteiger partial charge in [0.25, 0.3) is 0 Å². The SMILES string of the molecule is CCOc1cc([C@@H]2C(C(=O)OC3CCCC3)=C(C)NC3=C2C(=O)C[C@@H](c2ccccc2)C3)ccc1O. The highest BCUT2D eigenvalue weighted by Crippen LogP contribution is 2.47. The molecule has 2 atom stereocenters. The molecule has 0 radical (unpaired) electrons. The summed E-state index contributed by atoms with van der Waals surface area (Å²) in [5, 5.41) is 13.7. The molecule has 188 valence electrons. The molecule has 0 unspecified atom stereocenters. The van der Waals surface area contributed by atoms with E-state index in [1.165, 1.54) is 0 Å². The molecular formula is C30H33NO5. The van der Waals surface area contributed by atoms with Crippen molar-refractivity contribution in [1.29, 1.82) is 0 Å². The van der Waals surface area contributed by atoms with E-state index in [9.17, 15) is 14.7 Å². The molecule has 1 saturated carbocycles. The maximum absolute atomic E-state index is 13.7. The van der Waals surface area contributed by atoms with Crippen LogP contribution in [0.15, 0.2) is 71.1 Å². The van der Waals surface area contributed by atoms with Gasteiger partial charge in [-0.3, -0.25) is 4.79 Å². The number of carbonyl (C=O) groups excluding carboxylic acids is 2. The van der Waals surface area contributed by atoms with Crippen LogP contribution in [0.3, 0.4) is 0 Å². The molecule has 2 aromatic rings. The summed E-state index contributed by atoms with van der Waals surface area (Å²) in [6.45, 7) is 4.11. The Kier molecular flexibility index (Phi) is 6.86. The first kappa shape index (κ1) is 24.2. The van der Waals surface area contributed by atoms with Crippen molar-refractivity contribution in [2.45, 2.75) is 70.3 Å². The van der Waals surface area contributed by atoms with E-state index in [1.807, 2.05) is 32.0 Å². The van der Waals surface area contributed by atoms with Crippen LogP contribution in [0.4, 0.5) is 0 Å². The highest BCUT2D eigenvalue weighted by Gasteiger charge is 2.42. The monoisotopic (exact) mass is 487 g/mol. The minimum absolute atomic E-state index is 0.0207. The van der Waals surface area contributed by atoms with Gasteiger partial charge >= 0.3 is 5.97 Å². The predicted octanol–water partition coefficient (Wildman–Crippen LogP) is 5.64. The first-order valence-electron chi connectivity index (χ1n) is 12.9. The predicted molar refractivity (Wildman–Crippen MR) is 137 cm³/mol. The van der Waals surface area contributed by atoms with Crippen LogP contribution in [0, 0.1) is 0 Å². The molecule has 0 saturated heterocycles. The Morgan fingerprint density at radius 2 is 1.81 bits per heavy atom. The number of hydrogen-bond acceptors (Lipinski definition) is 6. The molecule has 0 spiro atoms. The summed E-state index contributed by atoms with van der Waals surface area (Å²) in [5.41, 5.74) is 4.49. The van der Waals surface area contributed by atoms with E-state index in [-0.39, 0.29) is 29.5 Å². The molecule has 1 aliphatic heterocycles. The van der Waals surface area contributed by atoms with Crippen LogP contribution in [0.2, 0.25) is 0 Å². The van der Waals surface area contributed by atoms with Gasteiger partial charge in [0.1, 0.15) is 6.10 Å². The summed E-state index contributed by atoms with van der Waals surface area (Å²) in [5.74, 6) is -0.510. The van der Waals surface area contributed by atoms with Crippen molar-refractivity contribution in [2.75, 3.05) is 6.61 Å². The highest BCUT2D eigenvalue weighted by atomic mass is 16.5. The molecule has 1 heterocycles. The van der Waals surface area contributed by atoms with Crippen molar-refractivity contribution in [3.8, 4) is 11.5 Å². The summed E-state index contributed by atoms with van der Waals surface area (Å²) < 4.78 is 11.6. The Labute approximate surface area is 212 Å². The molecule has 0 amide bonds. The van der Waals surface area contributed by atoms with E-state index >= 15 is 0 Å². The molecule has 6 heteroatoms. The molecule has 0 aromatic heterocycles. The van der Waals surface area contributed by atoms with Gasteiger partial charge in [-0.15, -0.1) is 0 Å². The molecule has 36 heavy (non-hydrogen) atoms. The lowest BCUT2D eigenvalue weighted by molar-refractivity contribution is -0.144. The van der Waals surface area contributed by atoms with Gasteiger partial charge in [0.2, 0.25) is 0 Å². The van der Waals surface area contributed by atoms with Crippen molar-refractivity contribution in [1.82, 2.24) is 5.32 Å². The van der Waals surface area contributed by atoms with Gasteiger partial charge in [0.05, 0.1) is 12.2 Å². The number of phenols is 1. The molecular weight excluding hydrogens is 454 g/mol. The van der Waals surface area contributed by atoms with Crippen molar-refractivity contribution < 1.29 is 24.2 Å². The summed E-state index contributed by atoms with van der Waals surface area (Å²) >= 11 is 0. The van der Waals surface area contributed by atoms with Gasteiger partial charge < -0.3 is 19.9 Å². The third kappa shape index (κ3) is 4.64. The number of phenolic OH excluding ortho intramolecular Hbond substituents is 1. The number of benzene rings is 2. The number of dihydropyridines is 1. The minimum Gasteiger partial charge on any atom is -0.504 e. The Hall–Kier alpha value is -3.54. The fourth-order valence-electron chi connectivity index (χ4n) is 5.81. The molecule has 2 aromatic carbocycles. The van der Waals surface area contributed by atoms with Crippen LogP contribution in [-0.2, 0) is 14.3 Å². The van der Waals surface area contributed by atoms with Crippen molar-refractivity contribution in [3.63, 3.8) is 0 Å². The van der Waals surface area contributed by atoms with Crippen LogP contribution in [0.25, 0.3) is 0 Å². The first-order chi connectivity index (χ1) is 17.5. The van der Waals surface area contributed by atoms with Crippen LogP contribution < -0.4 is 10.1 Å². The number of ketones is 1. The fourth-order valence-corrected chi connectivity index (χ4v) is 5.81. The van der Waals surface area contributed by atoms with E-state index in [2.05, 4.69) is 17.4 Å². The number of ether oxygens (including phenoxy) is 2. The van der Waals surface area contributed by atoms with Gasteiger partial charge in [-0.05, 0) is 75.1 Å². The normalized spacial score (nSPS) is 22.3. The number of aromatic hydroxyl groups is 1. The van der Waals surface area contributed by atoms with Crippen LogP contribution in [0.1, 0.15) is 75.3 Å². The number of nitrogens with one attached hydrogen (secondary N) is 1. The molecule has 1 fully saturated rings. The number of esters is 1. The number of carbonyl (C=O) groups is 2. The highest BCUT2D eigenvalue weighted by molar-refractivity contribution is 6.04. The third-order valence-electron chi connectivity index (χ3n) is 7.51. The van der Waals surface area contributed by atoms with Crippen molar-refractivity contribution in [2.24, 2.45) is 0 Å². The van der Waals surface area contributed by atoms with Crippen LogP contribution in [-0.4, -0.2) is 29.6 Å². The lowest BCUT2D eigenvalue weighted by Crippen LogP contribution is -2.36. The Morgan fingerprint density at radius 1 is 1.06 bits per heavy atom. The fraction of sp³-hybridized carbons (Fsp3) is 0.400. The summed E-state index contributed by atoms with van der Waals surface area (Å²) in [6.07, 6.45) is 4.83. The van der Waals surface area contributed by atoms with Gasteiger partial charge in [-0.1, -0.05) is 36.4 Å². The topological polar surface area (TPSA) is 84.9 Å². The van der Waals surface area contributed by atoms with Gasteiger partial charge in [-0.2, -0.15) is 0 Å². The van der Waals surface area contributed by atoms with Gasteiger partial charge in [-0.25, -0.2) is 4.79 Å². The largest absolute Gasteiger partial charge is 0.504 e. The second-order valence-corrected chi connectivity index (χ2v) is 9.90. The summed E-state index contributed by atoms with van der Waals surface area (Å²) in [7, 11) is 0. The van der Waals surface area contributed by atoms with Gasteiger partial charge in [0, 0.05) is 29.3 Å². The van der Waals surface area contributed by atoms with E-state index in [0.29, 0.717) is 42.0 Å². The zero-order valence-electron chi connectivity index (χ0n) is 20.9. The molecule has 2 N–H and O–H groups in total.